The molecule has 172 valence electrons. The topological polar surface area (TPSA) is 93.4 Å². The van der Waals surface area contributed by atoms with Crippen LogP contribution in [0.4, 0.5) is 0 Å². The number of para-hydroxylation sites is 1. The van der Waals surface area contributed by atoms with Gasteiger partial charge in [-0.25, -0.2) is 9.36 Å². The number of carbonyl (C=O) groups is 2. The molecule has 0 atom stereocenters. The van der Waals surface area contributed by atoms with Crippen molar-refractivity contribution in [3.63, 3.8) is 0 Å². The number of amides is 2. The molecule has 0 aliphatic carbocycles. The Bertz CT molecular complexity index is 1300. The molecule has 1 aliphatic heterocycles. The summed E-state index contributed by atoms with van der Waals surface area (Å²) in [7, 11) is 1.57. The number of rotatable bonds is 5. The van der Waals surface area contributed by atoms with Gasteiger partial charge in [-0.2, -0.15) is 0 Å². The Morgan fingerprint density at radius 1 is 1.00 bits per heavy atom. The smallest absolute Gasteiger partial charge is 0.336 e. The molecule has 1 aliphatic rings. The van der Waals surface area contributed by atoms with E-state index in [1.807, 2.05) is 0 Å². The number of benzene rings is 2. The maximum atomic E-state index is 13.5. The van der Waals surface area contributed by atoms with Crippen LogP contribution >= 0.6 is 0 Å². The second-order valence-electron chi connectivity index (χ2n) is 8.61. The first-order chi connectivity index (χ1) is 15.9. The van der Waals surface area contributed by atoms with Gasteiger partial charge in [-0.3, -0.25) is 19.0 Å². The molecule has 1 aromatic heterocycles. The van der Waals surface area contributed by atoms with Gasteiger partial charge in [0, 0.05) is 20.1 Å². The van der Waals surface area contributed by atoms with E-state index in [2.05, 4.69) is 12.2 Å². The number of aromatic nitrogens is 2. The number of likely N-dealkylation sites (N-methyl/N-ethyl adjacent to an activating group) is 1. The molecule has 8 heteroatoms. The highest BCUT2D eigenvalue weighted by molar-refractivity contribution is 5.82. The Morgan fingerprint density at radius 2 is 1.67 bits per heavy atom. The Labute approximate surface area is 191 Å². The van der Waals surface area contributed by atoms with E-state index in [1.165, 1.54) is 4.57 Å². The molecular weight excluding hydrogens is 420 g/mol. The van der Waals surface area contributed by atoms with E-state index in [-0.39, 0.29) is 24.8 Å². The quantitative estimate of drug-likeness (QED) is 0.643. The van der Waals surface area contributed by atoms with Crippen molar-refractivity contribution in [2.24, 2.45) is 5.92 Å². The predicted octanol–water partition coefficient (Wildman–Crippen LogP) is 1.70. The van der Waals surface area contributed by atoms with Crippen molar-refractivity contribution in [1.82, 2.24) is 19.4 Å². The fraction of sp³-hybridized carbons (Fsp3) is 0.360. The molecule has 0 spiro atoms. The lowest BCUT2D eigenvalue weighted by Gasteiger charge is -2.30. The molecule has 2 amide bonds. The lowest BCUT2D eigenvalue weighted by Crippen LogP contribution is -2.44. The lowest BCUT2D eigenvalue weighted by atomic mass is 9.99. The summed E-state index contributed by atoms with van der Waals surface area (Å²) in [5.41, 5.74) is 0.603. The van der Waals surface area contributed by atoms with Crippen molar-refractivity contribution in [2.75, 3.05) is 20.1 Å². The van der Waals surface area contributed by atoms with Gasteiger partial charge < -0.3 is 10.2 Å². The number of nitrogens with zero attached hydrogens (tertiary/aromatic N) is 3. The van der Waals surface area contributed by atoms with E-state index in [1.54, 1.807) is 60.5 Å². The number of carbonyl (C=O) groups excluding carboxylic acids is 2. The summed E-state index contributed by atoms with van der Waals surface area (Å²) in [6, 6.07) is 13.6. The summed E-state index contributed by atoms with van der Waals surface area (Å²) in [4.78, 5) is 53.1. The second kappa shape index (κ2) is 9.44. The van der Waals surface area contributed by atoms with Crippen LogP contribution in [0.5, 0.6) is 0 Å². The van der Waals surface area contributed by atoms with Gasteiger partial charge in [-0.05, 0) is 48.6 Å². The minimum absolute atomic E-state index is 0.122. The van der Waals surface area contributed by atoms with Crippen LogP contribution in [0.2, 0.25) is 0 Å². The van der Waals surface area contributed by atoms with Crippen LogP contribution in [0.1, 0.15) is 25.3 Å². The molecule has 2 aromatic carbocycles. The normalized spacial score (nSPS) is 14.4. The van der Waals surface area contributed by atoms with Crippen LogP contribution in [-0.4, -0.2) is 46.0 Å². The molecular formula is C25H28N4O4. The van der Waals surface area contributed by atoms with E-state index >= 15 is 0 Å². The number of fused-ring (bicyclic) bond motifs is 1. The molecule has 1 saturated heterocycles. The van der Waals surface area contributed by atoms with E-state index in [0.717, 1.165) is 23.0 Å². The van der Waals surface area contributed by atoms with E-state index in [4.69, 9.17) is 0 Å². The monoisotopic (exact) mass is 448 g/mol. The standard InChI is InChI=1S/C25H28N4O4/c1-17-11-13-27(14-12-17)23(31)16-28-21-6-4-3-5-20(21)24(32)29(25(28)33)19-9-7-18(8-10-19)15-22(30)26-2/h3-10,17H,11-16H2,1-2H3,(H,26,30). The van der Waals surface area contributed by atoms with Gasteiger partial charge >= 0.3 is 5.69 Å². The average Bonchev–Trinajstić information content (AvgIpc) is 2.83. The van der Waals surface area contributed by atoms with Gasteiger partial charge in [-0.15, -0.1) is 0 Å². The van der Waals surface area contributed by atoms with Crippen molar-refractivity contribution in [1.29, 1.82) is 0 Å². The highest BCUT2D eigenvalue weighted by atomic mass is 16.2. The van der Waals surface area contributed by atoms with Gasteiger partial charge in [0.1, 0.15) is 6.54 Å². The zero-order chi connectivity index (χ0) is 23.5. The molecule has 3 aromatic rings. The number of piperidine rings is 1. The zero-order valence-electron chi connectivity index (χ0n) is 18.9. The molecule has 33 heavy (non-hydrogen) atoms. The number of hydrogen-bond acceptors (Lipinski definition) is 4. The lowest BCUT2D eigenvalue weighted by molar-refractivity contribution is -0.133. The molecule has 0 bridgehead atoms. The first-order valence-corrected chi connectivity index (χ1v) is 11.2. The molecule has 0 radical (unpaired) electrons. The Balaban J connectivity index is 1.75. The molecule has 0 unspecified atom stereocenters. The van der Waals surface area contributed by atoms with Crippen LogP contribution in [0, 0.1) is 5.92 Å². The predicted molar refractivity (Wildman–Crippen MR) is 127 cm³/mol. The summed E-state index contributed by atoms with van der Waals surface area (Å²) in [6.07, 6.45) is 2.10. The number of hydrogen-bond donors (Lipinski definition) is 1. The molecule has 0 saturated carbocycles. The van der Waals surface area contributed by atoms with Crippen LogP contribution < -0.4 is 16.6 Å². The highest BCUT2D eigenvalue weighted by Gasteiger charge is 2.23. The van der Waals surface area contributed by atoms with Crippen LogP contribution in [-0.2, 0) is 22.6 Å². The minimum Gasteiger partial charge on any atom is -0.359 e. The summed E-state index contributed by atoms with van der Waals surface area (Å²) < 4.78 is 2.48. The van der Waals surface area contributed by atoms with Crippen LogP contribution in [0.25, 0.3) is 16.6 Å². The van der Waals surface area contributed by atoms with Gasteiger partial charge in [0.2, 0.25) is 11.8 Å². The highest BCUT2D eigenvalue weighted by Crippen LogP contribution is 2.17. The molecule has 2 heterocycles. The summed E-state index contributed by atoms with van der Waals surface area (Å²) in [5, 5.41) is 2.94. The third kappa shape index (κ3) is 4.60. The summed E-state index contributed by atoms with van der Waals surface area (Å²) in [6.45, 7) is 3.41. The van der Waals surface area contributed by atoms with Crippen LogP contribution in [0.3, 0.4) is 0 Å². The third-order valence-corrected chi connectivity index (χ3v) is 6.32. The molecule has 8 nitrogen and oxygen atoms in total. The van der Waals surface area contributed by atoms with E-state index in [9.17, 15) is 19.2 Å². The maximum Gasteiger partial charge on any atom is 0.336 e. The van der Waals surface area contributed by atoms with Crippen molar-refractivity contribution in [3.05, 3.63) is 74.9 Å². The Kier molecular flexibility index (Phi) is 6.44. The first-order valence-electron chi connectivity index (χ1n) is 11.2. The first kappa shape index (κ1) is 22.5. The van der Waals surface area contributed by atoms with Gasteiger partial charge in [0.25, 0.3) is 5.56 Å². The summed E-state index contributed by atoms with van der Waals surface area (Å²) >= 11 is 0. The SMILES string of the molecule is CNC(=O)Cc1ccc(-n2c(=O)c3ccccc3n(CC(=O)N3CCC(C)CC3)c2=O)cc1. The fourth-order valence-electron chi connectivity index (χ4n) is 4.23. The molecule has 1 fully saturated rings. The maximum absolute atomic E-state index is 13.5. The zero-order valence-corrected chi connectivity index (χ0v) is 18.9. The van der Waals surface area contributed by atoms with E-state index < -0.39 is 11.2 Å². The van der Waals surface area contributed by atoms with Crippen molar-refractivity contribution < 1.29 is 9.59 Å². The third-order valence-electron chi connectivity index (χ3n) is 6.32. The fourth-order valence-corrected chi connectivity index (χ4v) is 4.23. The van der Waals surface area contributed by atoms with Gasteiger partial charge in [-0.1, -0.05) is 31.2 Å². The Hall–Kier alpha value is -3.68. The molecule has 4 rings (SSSR count). The summed E-state index contributed by atoms with van der Waals surface area (Å²) in [5.74, 6) is 0.338. The largest absolute Gasteiger partial charge is 0.359 e. The minimum atomic E-state index is -0.559. The van der Waals surface area contributed by atoms with Crippen molar-refractivity contribution in [2.45, 2.75) is 32.7 Å². The Morgan fingerprint density at radius 3 is 2.33 bits per heavy atom. The average molecular weight is 449 g/mol. The molecule has 1 N–H and O–H groups in total. The van der Waals surface area contributed by atoms with E-state index in [0.29, 0.717) is 35.6 Å². The van der Waals surface area contributed by atoms with Crippen LogP contribution in [0.15, 0.2) is 58.1 Å². The number of nitrogens with one attached hydrogen (secondary N) is 1. The van der Waals surface area contributed by atoms with Crippen molar-refractivity contribution in [3.8, 4) is 5.69 Å². The van der Waals surface area contributed by atoms with Gasteiger partial charge in [0.15, 0.2) is 0 Å². The second-order valence-corrected chi connectivity index (χ2v) is 8.61. The van der Waals surface area contributed by atoms with Crippen molar-refractivity contribution >= 4 is 22.7 Å². The van der Waals surface area contributed by atoms with Gasteiger partial charge in [0.05, 0.1) is 23.0 Å². The number of likely N-dealkylation sites (tertiary alicyclic amines) is 1.